The van der Waals surface area contributed by atoms with Crippen LogP contribution in [0.1, 0.15) is 38.2 Å². The zero-order chi connectivity index (χ0) is 24.9. The van der Waals surface area contributed by atoms with Gasteiger partial charge in [-0.2, -0.15) is 12.8 Å². The van der Waals surface area contributed by atoms with E-state index in [-0.39, 0.29) is 16.4 Å². The van der Waals surface area contributed by atoms with Crippen LogP contribution in [-0.2, 0) is 10.0 Å². The zero-order valence-corrected chi connectivity index (χ0v) is 21.3. The summed E-state index contributed by atoms with van der Waals surface area (Å²) in [5.74, 6) is -0.193. The summed E-state index contributed by atoms with van der Waals surface area (Å²) in [6, 6.07) is 16.5. The molecule has 176 valence electrons. The van der Waals surface area contributed by atoms with Crippen LogP contribution in [0.4, 0.5) is 0 Å². The minimum Gasteiger partial charge on any atom is -0.333 e. The second-order valence-electron chi connectivity index (χ2n) is 8.59. The number of thioether (sulfide) groups is 1. The molecule has 1 aliphatic carbocycles. The Morgan fingerprint density at radius 2 is 1.51 bits per heavy atom. The van der Waals surface area contributed by atoms with Gasteiger partial charge in [0.05, 0.1) is 26.5 Å². The monoisotopic (exact) mass is 501 g/mol. The molecule has 0 spiro atoms. The minimum absolute atomic E-state index is 0.193. The van der Waals surface area contributed by atoms with E-state index in [2.05, 4.69) is 14.4 Å². The van der Waals surface area contributed by atoms with E-state index in [1.165, 1.54) is 11.8 Å². The van der Waals surface area contributed by atoms with Crippen molar-refractivity contribution in [1.29, 1.82) is 0 Å². The fourth-order valence-electron chi connectivity index (χ4n) is 4.28. The van der Waals surface area contributed by atoms with Crippen LogP contribution in [0.5, 0.6) is 0 Å². The molecule has 6 nitrogen and oxygen atoms in total. The zero-order valence-electron chi connectivity index (χ0n) is 19.7. The first kappa shape index (κ1) is 23.3. The van der Waals surface area contributed by atoms with Crippen LogP contribution in [0.25, 0.3) is 11.0 Å². The predicted molar refractivity (Wildman–Crippen MR) is 140 cm³/mol. The van der Waals surface area contributed by atoms with E-state index >= 15 is 0 Å². The average molecular weight is 502 g/mol. The number of sulfonamides is 1. The number of fused-ring (bicyclic) bond motifs is 2. The van der Waals surface area contributed by atoms with Gasteiger partial charge in [0.25, 0.3) is 10.0 Å². The van der Waals surface area contributed by atoms with Gasteiger partial charge >= 0.3 is 0 Å². The molecule has 5 rings (SSSR count). The number of nitrogens with one attached hydrogen (secondary N) is 1. The Bertz CT molecular complexity index is 1640. The standard InChI is InChI=1S/C27H23N3O3S2/c1-15-13-16(2)18(4)26(17(15)3)35(32,33)30-23-14-24(25(31)20-10-6-5-9-19(20)23)34-27-28-21-11-7-8-12-22(21)29-27/h5-14H,1-4H3,(H,28,29). The SMILES string of the molecule is Cc1cc(C)c(C)c(S(=O)(=O)N=C2C=C(Sc3nc4ccccc4[nH]3)C(=O)c3ccccc32)c1C. The lowest BCUT2D eigenvalue weighted by Gasteiger charge is -2.18. The van der Waals surface area contributed by atoms with Gasteiger partial charge in [0.2, 0.25) is 5.78 Å². The van der Waals surface area contributed by atoms with Crippen molar-refractivity contribution in [2.75, 3.05) is 0 Å². The van der Waals surface area contributed by atoms with Gasteiger partial charge in [0.15, 0.2) is 5.16 Å². The summed E-state index contributed by atoms with van der Waals surface area (Å²) < 4.78 is 31.5. The van der Waals surface area contributed by atoms with Crippen LogP contribution >= 0.6 is 11.8 Å². The number of allylic oxidation sites excluding steroid dienone is 2. The molecule has 0 saturated heterocycles. The second kappa shape index (κ2) is 8.62. The van der Waals surface area contributed by atoms with E-state index in [1.54, 1.807) is 44.2 Å². The number of hydrogen-bond acceptors (Lipinski definition) is 5. The predicted octanol–water partition coefficient (Wildman–Crippen LogP) is 5.85. The van der Waals surface area contributed by atoms with Gasteiger partial charge in [0, 0.05) is 11.1 Å². The topological polar surface area (TPSA) is 92.2 Å². The quantitative estimate of drug-likeness (QED) is 0.379. The summed E-state index contributed by atoms with van der Waals surface area (Å²) in [6.07, 6.45) is 1.55. The lowest BCUT2D eigenvalue weighted by Crippen LogP contribution is -2.18. The van der Waals surface area contributed by atoms with Gasteiger partial charge in [-0.3, -0.25) is 4.79 Å². The number of aromatic nitrogens is 2. The van der Waals surface area contributed by atoms with Crippen molar-refractivity contribution in [3.8, 4) is 0 Å². The normalized spacial score (nSPS) is 14.9. The number of carbonyl (C=O) groups excluding carboxylic acids is 1. The van der Waals surface area contributed by atoms with Gasteiger partial charge in [0.1, 0.15) is 0 Å². The average Bonchev–Trinajstić information content (AvgIpc) is 3.23. The maximum Gasteiger partial charge on any atom is 0.283 e. The third-order valence-electron chi connectivity index (χ3n) is 6.29. The fraction of sp³-hybridized carbons (Fsp3) is 0.148. The van der Waals surface area contributed by atoms with Crippen LogP contribution in [-0.4, -0.2) is 29.9 Å². The molecule has 8 heteroatoms. The van der Waals surface area contributed by atoms with Crippen molar-refractivity contribution in [3.63, 3.8) is 0 Å². The van der Waals surface area contributed by atoms with Crippen molar-refractivity contribution in [2.45, 2.75) is 37.7 Å². The molecule has 0 radical (unpaired) electrons. The van der Waals surface area contributed by atoms with E-state index in [0.29, 0.717) is 32.3 Å². The molecule has 1 aliphatic rings. The van der Waals surface area contributed by atoms with Gasteiger partial charge in [-0.1, -0.05) is 42.5 Å². The van der Waals surface area contributed by atoms with Gasteiger partial charge in [-0.15, -0.1) is 0 Å². The Morgan fingerprint density at radius 1 is 0.886 bits per heavy atom. The van der Waals surface area contributed by atoms with Gasteiger partial charge in [-0.05, 0) is 79.9 Å². The first-order valence-electron chi connectivity index (χ1n) is 11.1. The molecule has 0 atom stereocenters. The van der Waals surface area contributed by atoms with Crippen LogP contribution in [0.15, 0.2) is 80.0 Å². The number of carbonyl (C=O) groups is 1. The molecule has 0 amide bonds. The number of imidazole rings is 1. The Labute approximate surface area is 208 Å². The Morgan fingerprint density at radius 3 is 2.20 bits per heavy atom. The Hall–Kier alpha value is -3.49. The number of ketones is 1. The van der Waals surface area contributed by atoms with Gasteiger partial charge in [-0.25, -0.2) is 4.98 Å². The van der Waals surface area contributed by atoms with Crippen LogP contribution < -0.4 is 0 Å². The lowest BCUT2D eigenvalue weighted by molar-refractivity contribution is 0.104. The molecule has 4 aromatic rings. The molecular formula is C27H23N3O3S2. The number of nitrogens with zero attached hydrogens (tertiary/aromatic N) is 2. The molecule has 0 bridgehead atoms. The summed E-state index contributed by atoms with van der Waals surface area (Å²) in [4.78, 5) is 21.6. The van der Waals surface area contributed by atoms with E-state index in [4.69, 9.17) is 0 Å². The Kier molecular flexibility index (Phi) is 5.73. The Balaban J connectivity index is 1.65. The van der Waals surface area contributed by atoms with Crippen molar-refractivity contribution in [2.24, 2.45) is 4.40 Å². The van der Waals surface area contributed by atoms with E-state index in [0.717, 1.165) is 22.2 Å². The number of H-pyrrole nitrogens is 1. The van der Waals surface area contributed by atoms with E-state index in [1.807, 2.05) is 44.2 Å². The molecule has 0 unspecified atom stereocenters. The number of Topliss-reactive ketones (excluding diaryl/α,β-unsaturated/α-hetero) is 1. The highest BCUT2D eigenvalue weighted by Gasteiger charge is 2.28. The molecule has 1 heterocycles. The molecule has 1 aromatic heterocycles. The second-order valence-corrected chi connectivity index (χ2v) is 11.2. The highest BCUT2D eigenvalue weighted by Crippen LogP contribution is 2.34. The first-order valence-corrected chi connectivity index (χ1v) is 13.3. The molecule has 3 aromatic carbocycles. The van der Waals surface area contributed by atoms with Crippen LogP contribution in [0.2, 0.25) is 0 Å². The first-order chi connectivity index (χ1) is 16.7. The molecular weight excluding hydrogens is 478 g/mol. The van der Waals surface area contributed by atoms with Crippen molar-refractivity contribution in [3.05, 3.63) is 99.0 Å². The number of aromatic amines is 1. The smallest absolute Gasteiger partial charge is 0.283 e. The fourth-order valence-corrected chi connectivity index (χ4v) is 6.76. The molecule has 1 N–H and O–H groups in total. The number of benzene rings is 3. The van der Waals surface area contributed by atoms with E-state index in [9.17, 15) is 13.2 Å². The molecule has 0 aliphatic heterocycles. The number of rotatable bonds is 4. The van der Waals surface area contributed by atoms with Crippen molar-refractivity contribution >= 4 is 44.3 Å². The highest BCUT2D eigenvalue weighted by molar-refractivity contribution is 8.04. The molecule has 0 fully saturated rings. The lowest BCUT2D eigenvalue weighted by atomic mass is 9.94. The number of para-hydroxylation sites is 2. The highest BCUT2D eigenvalue weighted by atomic mass is 32.2. The summed E-state index contributed by atoms with van der Waals surface area (Å²) in [5.41, 5.74) is 5.93. The van der Waals surface area contributed by atoms with Gasteiger partial charge < -0.3 is 4.98 Å². The maximum absolute atomic E-state index is 13.6. The maximum atomic E-state index is 13.6. The summed E-state index contributed by atoms with van der Waals surface area (Å²) in [5, 5.41) is 0.549. The minimum atomic E-state index is -4.04. The largest absolute Gasteiger partial charge is 0.333 e. The number of aryl methyl sites for hydroxylation is 2. The number of hydrogen-bond donors (Lipinski definition) is 1. The van der Waals surface area contributed by atoms with Crippen molar-refractivity contribution < 1.29 is 13.2 Å². The summed E-state index contributed by atoms with van der Waals surface area (Å²) in [7, 11) is -4.04. The summed E-state index contributed by atoms with van der Waals surface area (Å²) in [6.45, 7) is 7.38. The summed E-state index contributed by atoms with van der Waals surface area (Å²) >= 11 is 1.17. The third-order valence-corrected chi connectivity index (χ3v) is 8.76. The third kappa shape index (κ3) is 4.13. The molecule has 35 heavy (non-hydrogen) atoms. The molecule has 0 saturated carbocycles. The van der Waals surface area contributed by atoms with Crippen LogP contribution in [0.3, 0.4) is 0 Å². The van der Waals surface area contributed by atoms with Crippen molar-refractivity contribution in [1.82, 2.24) is 9.97 Å². The van der Waals surface area contributed by atoms with E-state index < -0.39 is 10.0 Å². The van der Waals surface area contributed by atoms with Crippen LogP contribution in [0, 0.1) is 27.7 Å².